The van der Waals surface area contributed by atoms with Crippen molar-refractivity contribution in [3.05, 3.63) is 0 Å². The molecule has 0 unspecified atom stereocenters. The van der Waals surface area contributed by atoms with Crippen LogP contribution in [-0.2, 0) is 0 Å². The number of nitrogens with zero attached hydrogens (tertiary/aromatic N) is 1. The molecule has 3 rings (SSSR count). The lowest BCUT2D eigenvalue weighted by molar-refractivity contribution is -0.0719. The summed E-state index contributed by atoms with van der Waals surface area (Å²) in [5.74, 6) is 0.357. The molecule has 2 N–H and O–H groups in total. The Kier molecular flexibility index (Phi) is 1.95. The summed E-state index contributed by atoms with van der Waals surface area (Å²) in [6.45, 7) is 1.94. The van der Waals surface area contributed by atoms with Gasteiger partial charge in [-0.3, -0.25) is 4.90 Å². The van der Waals surface area contributed by atoms with E-state index in [-0.39, 0.29) is 12.1 Å². The maximum absolute atomic E-state index is 10.9. The highest BCUT2D eigenvalue weighted by molar-refractivity contribution is 5.66. The van der Waals surface area contributed by atoms with Gasteiger partial charge in [-0.1, -0.05) is 0 Å². The number of fused-ring (bicyclic) bond motifs is 3. The maximum atomic E-state index is 10.9. The Morgan fingerprint density at radius 3 is 2.62 bits per heavy atom. The molecule has 2 aliphatic heterocycles. The predicted molar refractivity (Wildman–Crippen MR) is 46.5 cm³/mol. The lowest BCUT2D eigenvalue weighted by atomic mass is 9.74. The summed E-state index contributed by atoms with van der Waals surface area (Å²) in [4.78, 5) is 12.3. The number of amides is 1. The quantitative estimate of drug-likeness (QED) is 0.589. The lowest BCUT2D eigenvalue weighted by Gasteiger charge is -2.51. The second-order valence-corrected chi connectivity index (χ2v) is 4.14. The van der Waals surface area contributed by atoms with Crippen LogP contribution in [0.1, 0.15) is 26.2 Å². The van der Waals surface area contributed by atoms with Crippen LogP contribution < -0.4 is 0 Å². The molecular weight excluding hydrogens is 170 g/mol. The highest BCUT2D eigenvalue weighted by Gasteiger charge is 2.46. The van der Waals surface area contributed by atoms with E-state index >= 15 is 0 Å². The number of aliphatic hydroxyl groups is 1. The molecular formula is C9H15NO3. The number of carboxylic acid groups (broad SMARTS) is 1. The first-order valence-electron chi connectivity index (χ1n) is 4.80. The Morgan fingerprint density at radius 2 is 2.15 bits per heavy atom. The number of hydrogen-bond donors (Lipinski definition) is 2. The molecule has 0 aromatic carbocycles. The number of hydrogen-bond acceptors (Lipinski definition) is 2. The van der Waals surface area contributed by atoms with Gasteiger partial charge >= 0.3 is 6.09 Å². The van der Waals surface area contributed by atoms with E-state index in [9.17, 15) is 9.90 Å². The van der Waals surface area contributed by atoms with Crippen molar-refractivity contribution in [2.24, 2.45) is 5.92 Å². The van der Waals surface area contributed by atoms with Crippen molar-refractivity contribution >= 4 is 6.09 Å². The van der Waals surface area contributed by atoms with Gasteiger partial charge in [0.05, 0.1) is 12.1 Å². The van der Waals surface area contributed by atoms with Crippen molar-refractivity contribution in [1.82, 2.24) is 4.90 Å². The van der Waals surface area contributed by atoms with Gasteiger partial charge in [0.25, 0.3) is 0 Å². The molecule has 2 saturated heterocycles. The minimum absolute atomic E-state index is 0.0830. The van der Waals surface area contributed by atoms with Crippen LogP contribution in [0.15, 0.2) is 0 Å². The van der Waals surface area contributed by atoms with E-state index in [1.165, 1.54) is 4.90 Å². The Bertz CT molecular complexity index is 231. The van der Waals surface area contributed by atoms with Crippen LogP contribution in [0.5, 0.6) is 0 Å². The summed E-state index contributed by atoms with van der Waals surface area (Å²) < 4.78 is 0. The molecule has 4 atom stereocenters. The summed E-state index contributed by atoms with van der Waals surface area (Å²) in [5, 5.41) is 18.6. The number of carbonyl (C=O) groups is 1. The molecule has 1 aliphatic carbocycles. The molecule has 0 aromatic rings. The van der Waals surface area contributed by atoms with E-state index < -0.39 is 12.2 Å². The van der Waals surface area contributed by atoms with Crippen molar-refractivity contribution in [3.63, 3.8) is 0 Å². The number of rotatable bonds is 0. The zero-order chi connectivity index (χ0) is 9.59. The molecule has 1 amide bonds. The van der Waals surface area contributed by atoms with Gasteiger partial charge < -0.3 is 10.2 Å². The van der Waals surface area contributed by atoms with Crippen LogP contribution in [0, 0.1) is 5.92 Å². The molecule has 4 nitrogen and oxygen atoms in total. The predicted octanol–water partition coefficient (Wildman–Crippen LogP) is 0.898. The largest absolute Gasteiger partial charge is 0.465 e. The third-order valence-electron chi connectivity index (χ3n) is 3.52. The molecule has 13 heavy (non-hydrogen) atoms. The smallest absolute Gasteiger partial charge is 0.407 e. The third-order valence-corrected chi connectivity index (χ3v) is 3.52. The van der Waals surface area contributed by atoms with Crippen molar-refractivity contribution < 1.29 is 15.0 Å². The molecule has 3 aliphatic rings. The first kappa shape index (κ1) is 8.81. The van der Waals surface area contributed by atoms with Gasteiger partial charge in [0.1, 0.15) is 0 Å². The van der Waals surface area contributed by atoms with E-state index in [0.717, 1.165) is 19.3 Å². The second kappa shape index (κ2) is 2.87. The summed E-state index contributed by atoms with van der Waals surface area (Å²) in [5.41, 5.74) is 0. The van der Waals surface area contributed by atoms with Crippen LogP contribution in [0.2, 0.25) is 0 Å². The van der Waals surface area contributed by atoms with Crippen LogP contribution in [0.25, 0.3) is 0 Å². The molecule has 2 bridgehead atoms. The van der Waals surface area contributed by atoms with Crippen LogP contribution >= 0.6 is 0 Å². The highest BCUT2D eigenvalue weighted by atomic mass is 16.4. The fourth-order valence-electron chi connectivity index (χ4n) is 2.77. The summed E-state index contributed by atoms with van der Waals surface area (Å²) in [6.07, 6.45) is 1.33. The van der Waals surface area contributed by atoms with Crippen LogP contribution in [0.3, 0.4) is 0 Å². The van der Waals surface area contributed by atoms with E-state index in [0.29, 0.717) is 5.92 Å². The second-order valence-electron chi connectivity index (χ2n) is 4.14. The number of piperidine rings is 2. The van der Waals surface area contributed by atoms with Gasteiger partial charge in [0.2, 0.25) is 0 Å². The van der Waals surface area contributed by atoms with E-state index in [4.69, 9.17) is 5.11 Å². The lowest BCUT2D eigenvalue weighted by Crippen LogP contribution is -2.61. The maximum Gasteiger partial charge on any atom is 0.407 e. The monoisotopic (exact) mass is 185 g/mol. The Labute approximate surface area is 77.2 Å². The molecule has 0 radical (unpaired) electrons. The van der Waals surface area contributed by atoms with Crippen molar-refractivity contribution in [2.75, 3.05) is 0 Å². The Balaban J connectivity index is 2.23. The van der Waals surface area contributed by atoms with E-state index in [1.807, 2.05) is 6.92 Å². The number of aliphatic hydroxyl groups excluding tert-OH is 1. The van der Waals surface area contributed by atoms with E-state index in [1.54, 1.807) is 0 Å². The molecule has 74 valence electrons. The first-order valence-corrected chi connectivity index (χ1v) is 4.80. The van der Waals surface area contributed by atoms with Gasteiger partial charge in [-0.2, -0.15) is 0 Å². The topological polar surface area (TPSA) is 60.8 Å². The van der Waals surface area contributed by atoms with Gasteiger partial charge in [-0.15, -0.1) is 0 Å². The molecule has 3 fully saturated rings. The Morgan fingerprint density at radius 1 is 1.46 bits per heavy atom. The molecule has 2 heterocycles. The average molecular weight is 185 g/mol. The first-order chi connectivity index (χ1) is 6.11. The summed E-state index contributed by atoms with van der Waals surface area (Å²) >= 11 is 0. The molecule has 4 heteroatoms. The standard InChI is InChI=1S/C9H15NO3/c1-5-6-2-3-7(8(11)4-6)10(5)9(12)13/h5-8,11H,2-4H2,1H3,(H,12,13)/t5-,6-,7+,8+/m1/s1. The Hall–Kier alpha value is -0.770. The van der Waals surface area contributed by atoms with Crippen molar-refractivity contribution in [3.8, 4) is 0 Å². The zero-order valence-electron chi connectivity index (χ0n) is 7.68. The van der Waals surface area contributed by atoms with Crippen molar-refractivity contribution in [1.29, 1.82) is 0 Å². The van der Waals surface area contributed by atoms with Crippen LogP contribution in [0.4, 0.5) is 4.79 Å². The van der Waals surface area contributed by atoms with E-state index in [2.05, 4.69) is 0 Å². The van der Waals surface area contributed by atoms with Gasteiger partial charge in [-0.05, 0) is 32.1 Å². The van der Waals surface area contributed by atoms with Gasteiger partial charge in [0, 0.05) is 6.04 Å². The third kappa shape index (κ3) is 1.20. The normalized spacial score (nSPS) is 43.7. The fourth-order valence-corrected chi connectivity index (χ4v) is 2.77. The molecule has 1 saturated carbocycles. The SMILES string of the molecule is C[C@@H]1[C@@H]2CC[C@@H]([C@@H](O)C2)N1C(=O)O. The van der Waals surface area contributed by atoms with Crippen molar-refractivity contribution in [2.45, 2.75) is 44.4 Å². The summed E-state index contributed by atoms with van der Waals surface area (Å²) in [6, 6.07) is -0.0721. The fraction of sp³-hybridized carbons (Fsp3) is 0.889. The molecule has 0 aromatic heterocycles. The summed E-state index contributed by atoms with van der Waals surface area (Å²) in [7, 11) is 0. The minimum Gasteiger partial charge on any atom is -0.465 e. The van der Waals surface area contributed by atoms with Gasteiger partial charge in [0.15, 0.2) is 0 Å². The average Bonchev–Trinajstić information content (AvgIpc) is 2.06. The minimum atomic E-state index is -0.888. The van der Waals surface area contributed by atoms with Gasteiger partial charge in [-0.25, -0.2) is 4.79 Å². The zero-order valence-corrected chi connectivity index (χ0v) is 7.68. The van der Waals surface area contributed by atoms with Crippen LogP contribution in [-0.4, -0.2) is 39.4 Å². The molecule has 0 spiro atoms. The highest BCUT2D eigenvalue weighted by Crippen LogP contribution is 2.39.